The molecule has 0 aliphatic rings. The number of fused-ring (bicyclic) bond motifs is 1. The van der Waals surface area contributed by atoms with Crippen LogP contribution < -0.4 is 11.2 Å². The summed E-state index contributed by atoms with van der Waals surface area (Å²) in [4.78, 5) is 43.0. The highest BCUT2D eigenvalue weighted by Crippen LogP contribution is 2.35. The van der Waals surface area contributed by atoms with Gasteiger partial charge in [0.25, 0.3) is 11.2 Å². The minimum Gasteiger partial charge on any atom is -0.453 e. The fourth-order valence-corrected chi connectivity index (χ4v) is 4.01. The van der Waals surface area contributed by atoms with E-state index in [4.69, 9.17) is 16.0 Å². The Morgan fingerprint density at radius 3 is 2.56 bits per heavy atom. The van der Waals surface area contributed by atoms with Gasteiger partial charge in [0, 0.05) is 18.1 Å². The summed E-state index contributed by atoms with van der Waals surface area (Å²) in [5.41, 5.74) is 0.144. The molecule has 2 aromatic carbocycles. The number of nitrogens with one attached hydrogen (secondary N) is 1. The van der Waals surface area contributed by atoms with Crippen molar-refractivity contribution < 1.29 is 9.34 Å². The second-order valence-corrected chi connectivity index (χ2v) is 8.02. The van der Waals surface area contributed by atoms with Crippen LogP contribution in [0.5, 0.6) is 0 Å². The van der Waals surface area contributed by atoms with Gasteiger partial charge in [-0.1, -0.05) is 41.9 Å². The predicted octanol–water partition coefficient (Wildman–Crippen LogP) is 3.96. The number of furan rings is 1. The molecule has 0 bridgehead atoms. The third kappa shape index (κ3) is 3.59. The molecule has 1 N–H and O–H groups in total. The Hall–Kier alpha value is -4.44. The molecule has 0 spiro atoms. The lowest BCUT2D eigenvalue weighted by atomic mass is 10.1. The van der Waals surface area contributed by atoms with Crippen molar-refractivity contribution in [3.8, 4) is 22.9 Å². The van der Waals surface area contributed by atoms with Gasteiger partial charge in [-0.3, -0.25) is 24.5 Å². The number of halogens is 1. The second-order valence-electron chi connectivity index (χ2n) is 7.58. The average Bonchev–Trinajstić information content (AvgIpc) is 3.42. The first-order chi connectivity index (χ1) is 16.3. The minimum atomic E-state index is -0.581. The molecule has 5 rings (SSSR count). The molecule has 34 heavy (non-hydrogen) atoms. The van der Waals surface area contributed by atoms with Crippen molar-refractivity contribution in [1.29, 1.82) is 0 Å². The topological polar surface area (TPSA) is 129 Å². The van der Waals surface area contributed by atoms with Gasteiger partial charge < -0.3 is 8.98 Å². The van der Waals surface area contributed by atoms with Crippen LogP contribution >= 0.6 is 11.6 Å². The molecular formula is C23H16ClN5O5. The standard InChI is InChI=1S/C23H16ClN5O5/c1-27-19-21(28(23(31)26-22(19)30)12-13-5-3-2-4-6-13)25-20(27)18-10-9-17(34-18)15-8-7-14(24)11-16(15)29(32)33/h2-11H,12H2,1H3,(H,26,30,31). The number of aromatic amines is 1. The molecule has 10 nitrogen and oxygen atoms in total. The van der Waals surface area contributed by atoms with E-state index in [1.165, 1.54) is 27.3 Å². The number of nitro benzene ring substituents is 1. The first-order valence-corrected chi connectivity index (χ1v) is 10.5. The summed E-state index contributed by atoms with van der Waals surface area (Å²) >= 11 is 5.91. The van der Waals surface area contributed by atoms with E-state index in [-0.39, 0.29) is 51.3 Å². The molecule has 3 aromatic heterocycles. The number of aryl methyl sites for hydroxylation is 1. The molecule has 0 fully saturated rings. The number of hydrogen-bond acceptors (Lipinski definition) is 6. The van der Waals surface area contributed by atoms with Crippen molar-refractivity contribution >= 4 is 28.5 Å². The van der Waals surface area contributed by atoms with E-state index in [1.54, 1.807) is 19.2 Å². The third-order valence-corrected chi connectivity index (χ3v) is 5.68. The molecule has 0 aliphatic carbocycles. The van der Waals surface area contributed by atoms with Crippen LogP contribution in [-0.2, 0) is 13.6 Å². The summed E-state index contributed by atoms with van der Waals surface area (Å²) in [6, 6.07) is 16.8. The van der Waals surface area contributed by atoms with E-state index < -0.39 is 16.2 Å². The van der Waals surface area contributed by atoms with Gasteiger partial charge in [-0.25, -0.2) is 9.78 Å². The highest BCUT2D eigenvalue weighted by molar-refractivity contribution is 6.30. The van der Waals surface area contributed by atoms with Gasteiger partial charge in [-0.15, -0.1) is 0 Å². The molecule has 0 atom stereocenters. The zero-order valence-electron chi connectivity index (χ0n) is 17.7. The number of nitro groups is 1. The molecule has 11 heteroatoms. The normalized spacial score (nSPS) is 11.2. The largest absolute Gasteiger partial charge is 0.453 e. The first kappa shape index (κ1) is 21.4. The highest BCUT2D eigenvalue weighted by atomic mass is 35.5. The summed E-state index contributed by atoms with van der Waals surface area (Å²) < 4.78 is 8.79. The van der Waals surface area contributed by atoms with Crippen LogP contribution in [0.4, 0.5) is 5.69 Å². The van der Waals surface area contributed by atoms with Gasteiger partial charge in [0.1, 0.15) is 5.76 Å². The fraction of sp³-hybridized carbons (Fsp3) is 0.0870. The van der Waals surface area contributed by atoms with Crippen molar-refractivity contribution in [3.63, 3.8) is 0 Å². The molecule has 0 unspecified atom stereocenters. The van der Waals surface area contributed by atoms with Crippen LogP contribution in [0.2, 0.25) is 5.02 Å². The lowest BCUT2D eigenvalue weighted by molar-refractivity contribution is -0.384. The monoisotopic (exact) mass is 477 g/mol. The smallest absolute Gasteiger partial charge is 0.330 e. The number of hydrogen-bond donors (Lipinski definition) is 1. The first-order valence-electron chi connectivity index (χ1n) is 10.1. The summed E-state index contributed by atoms with van der Waals surface area (Å²) in [5, 5.41) is 11.7. The lowest BCUT2D eigenvalue weighted by Gasteiger charge is -2.06. The van der Waals surface area contributed by atoms with Crippen molar-refractivity contribution in [2.45, 2.75) is 6.54 Å². The summed E-state index contributed by atoms with van der Waals surface area (Å²) in [5.74, 6) is 0.799. The highest BCUT2D eigenvalue weighted by Gasteiger charge is 2.22. The minimum absolute atomic E-state index is 0.195. The Kier molecular flexibility index (Phi) is 5.14. The molecule has 0 saturated heterocycles. The number of imidazole rings is 1. The second kappa shape index (κ2) is 8.16. The Labute approximate surface area is 195 Å². The Morgan fingerprint density at radius 2 is 1.82 bits per heavy atom. The van der Waals surface area contributed by atoms with Gasteiger partial charge in [-0.05, 0) is 29.8 Å². The molecule has 5 aromatic rings. The zero-order chi connectivity index (χ0) is 24.0. The van der Waals surface area contributed by atoms with Crippen LogP contribution in [0.1, 0.15) is 5.56 Å². The quantitative estimate of drug-likeness (QED) is 0.301. The van der Waals surface area contributed by atoms with Crippen LogP contribution in [0, 0.1) is 10.1 Å². The molecular weight excluding hydrogens is 462 g/mol. The van der Waals surface area contributed by atoms with Gasteiger partial charge in [0.2, 0.25) is 0 Å². The Balaban J connectivity index is 1.65. The van der Waals surface area contributed by atoms with Crippen LogP contribution in [-0.4, -0.2) is 24.0 Å². The van der Waals surface area contributed by atoms with Crippen LogP contribution in [0.15, 0.2) is 74.7 Å². The molecule has 3 heterocycles. The summed E-state index contributed by atoms with van der Waals surface area (Å²) in [6.07, 6.45) is 0. The maximum Gasteiger partial charge on any atom is 0.330 e. The number of rotatable bonds is 5. The maximum absolute atomic E-state index is 12.6. The Morgan fingerprint density at radius 1 is 1.09 bits per heavy atom. The average molecular weight is 478 g/mol. The van der Waals surface area contributed by atoms with E-state index in [0.29, 0.717) is 0 Å². The maximum atomic E-state index is 12.6. The van der Waals surface area contributed by atoms with E-state index in [1.807, 2.05) is 30.3 Å². The Bertz CT molecular complexity index is 1680. The lowest BCUT2D eigenvalue weighted by Crippen LogP contribution is -2.31. The van der Waals surface area contributed by atoms with Gasteiger partial charge in [0.05, 0.1) is 17.0 Å². The van der Waals surface area contributed by atoms with Crippen LogP contribution in [0.25, 0.3) is 34.1 Å². The van der Waals surface area contributed by atoms with Crippen molar-refractivity contribution in [2.24, 2.45) is 7.05 Å². The van der Waals surface area contributed by atoms with E-state index in [0.717, 1.165) is 5.56 Å². The fourth-order valence-electron chi connectivity index (χ4n) is 3.85. The van der Waals surface area contributed by atoms with Crippen molar-refractivity contribution in [2.75, 3.05) is 0 Å². The molecule has 0 amide bonds. The van der Waals surface area contributed by atoms with Crippen molar-refractivity contribution in [3.05, 3.63) is 102 Å². The predicted molar refractivity (Wildman–Crippen MR) is 126 cm³/mol. The van der Waals surface area contributed by atoms with E-state index >= 15 is 0 Å². The zero-order valence-corrected chi connectivity index (χ0v) is 18.4. The molecule has 170 valence electrons. The van der Waals surface area contributed by atoms with Gasteiger partial charge >= 0.3 is 5.69 Å². The molecule has 0 saturated carbocycles. The summed E-state index contributed by atoms with van der Waals surface area (Å²) in [7, 11) is 1.63. The molecule has 0 radical (unpaired) electrons. The number of nitrogens with zero attached hydrogens (tertiary/aromatic N) is 4. The van der Waals surface area contributed by atoms with E-state index in [9.17, 15) is 19.7 Å². The van der Waals surface area contributed by atoms with Crippen LogP contribution in [0.3, 0.4) is 0 Å². The number of benzene rings is 2. The van der Waals surface area contributed by atoms with Gasteiger partial charge in [0.15, 0.2) is 22.7 Å². The van der Waals surface area contributed by atoms with Crippen molar-refractivity contribution in [1.82, 2.24) is 19.1 Å². The third-order valence-electron chi connectivity index (χ3n) is 5.44. The van der Waals surface area contributed by atoms with Gasteiger partial charge in [-0.2, -0.15) is 0 Å². The number of aromatic nitrogens is 4. The number of H-pyrrole nitrogens is 1. The van der Waals surface area contributed by atoms with E-state index in [2.05, 4.69) is 9.97 Å². The summed E-state index contributed by atoms with van der Waals surface area (Å²) in [6.45, 7) is 0.212. The SMILES string of the molecule is Cn1c(-c2ccc(-c3ccc(Cl)cc3[N+](=O)[O-])o2)nc2c1c(=O)[nH]c(=O)n2Cc1ccccc1. The molecule has 0 aliphatic heterocycles.